The van der Waals surface area contributed by atoms with Crippen molar-refractivity contribution in [2.24, 2.45) is 0 Å². The molecular weight excluding hydrogens is 440 g/mol. The highest BCUT2D eigenvalue weighted by molar-refractivity contribution is 7.99. The summed E-state index contributed by atoms with van der Waals surface area (Å²) in [4.78, 5) is 3.22. The number of para-hydroxylation sites is 1. The van der Waals surface area contributed by atoms with E-state index < -0.39 is 0 Å². The maximum atomic E-state index is 6.54. The maximum Gasteiger partial charge on any atom is 0.257 e. The lowest BCUT2D eigenvalue weighted by Gasteiger charge is -2.19. The Kier molecular flexibility index (Phi) is 5.49. The summed E-state index contributed by atoms with van der Waals surface area (Å²) in [5, 5.41) is 20.7. The van der Waals surface area contributed by atoms with Crippen molar-refractivity contribution in [1.82, 2.24) is 25.0 Å². The largest absolute Gasteiger partial charge is 0.419 e. The van der Waals surface area contributed by atoms with E-state index in [9.17, 15) is 0 Å². The van der Waals surface area contributed by atoms with Gasteiger partial charge < -0.3 is 9.32 Å². The van der Waals surface area contributed by atoms with Crippen LogP contribution in [0.4, 0.5) is 5.95 Å². The standard InChI is InChI=1S/C20H19ClN6OS2/c1-13(17-22-23-18(28-17)16-9-6-12-29-16)30-20-25-24-19(26-10-4-5-11-26)27(20)15-8-3-2-7-14(15)21/h2-3,6-9,12-13H,4-5,10-11H2,1H3/t13-/m1/s1. The fourth-order valence-electron chi connectivity index (χ4n) is 3.41. The maximum absolute atomic E-state index is 6.54. The Hall–Kier alpha value is -2.36. The van der Waals surface area contributed by atoms with Gasteiger partial charge in [-0.15, -0.1) is 31.7 Å². The number of rotatable bonds is 6. The van der Waals surface area contributed by atoms with E-state index >= 15 is 0 Å². The number of halogens is 1. The Labute approximate surface area is 187 Å². The molecule has 4 heterocycles. The van der Waals surface area contributed by atoms with Gasteiger partial charge in [-0.2, -0.15) is 0 Å². The zero-order valence-electron chi connectivity index (χ0n) is 16.2. The molecule has 0 amide bonds. The van der Waals surface area contributed by atoms with E-state index in [0.717, 1.165) is 47.6 Å². The molecule has 30 heavy (non-hydrogen) atoms. The van der Waals surface area contributed by atoms with Crippen LogP contribution in [0.25, 0.3) is 16.5 Å². The molecule has 7 nitrogen and oxygen atoms in total. The second kappa shape index (κ2) is 8.41. The normalized spacial score (nSPS) is 15.1. The van der Waals surface area contributed by atoms with Gasteiger partial charge in [-0.1, -0.05) is 41.6 Å². The Morgan fingerprint density at radius 3 is 2.67 bits per heavy atom. The third kappa shape index (κ3) is 3.73. The first-order chi connectivity index (χ1) is 14.7. The molecule has 1 aromatic carbocycles. The molecule has 0 saturated carbocycles. The molecule has 154 valence electrons. The van der Waals surface area contributed by atoms with Gasteiger partial charge in [0.2, 0.25) is 11.8 Å². The predicted molar refractivity (Wildman–Crippen MR) is 120 cm³/mol. The lowest BCUT2D eigenvalue weighted by Crippen LogP contribution is -2.22. The molecule has 1 fully saturated rings. The second-order valence-electron chi connectivity index (χ2n) is 6.95. The molecule has 1 atom stereocenters. The lowest BCUT2D eigenvalue weighted by atomic mass is 10.3. The van der Waals surface area contributed by atoms with Crippen molar-refractivity contribution in [2.75, 3.05) is 18.0 Å². The van der Waals surface area contributed by atoms with Crippen molar-refractivity contribution < 1.29 is 4.42 Å². The highest BCUT2D eigenvalue weighted by atomic mass is 35.5. The molecule has 0 N–H and O–H groups in total. The molecule has 0 unspecified atom stereocenters. The minimum Gasteiger partial charge on any atom is -0.419 e. The molecule has 10 heteroatoms. The third-order valence-corrected chi connectivity index (χ3v) is 7.11. The Bertz CT molecular complexity index is 1140. The summed E-state index contributed by atoms with van der Waals surface area (Å²) in [6.45, 7) is 3.96. The van der Waals surface area contributed by atoms with Gasteiger partial charge in [0, 0.05) is 13.1 Å². The van der Waals surface area contributed by atoms with Gasteiger partial charge in [-0.3, -0.25) is 4.57 Å². The van der Waals surface area contributed by atoms with Gasteiger partial charge >= 0.3 is 0 Å². The van der Waals surface area contributed by atoms with E-state index in [1.807, 2.05) is 53.3 Å². The molecule has 1 saturated heterocycles. The second-order valence-corrected chi connectivity index (χ2v) is 9.61. The molecule has 5 rings (SSSR count). The van der Waals surface area contributed by atoms with Gasteiger partial charge in [0.05, 0.1) is 20.8 Å². The summed E-state index contributed by atoms with van der Waals surface area (Å²) >= 11 is 9.64. The van der Waals surface area contributed by atoms with E-state index in [1.54, 1.807) is 11.3 Å². The van der Waals surface area contributed by atoms with Gasteiger partial charge in [-0.25, -0.2) is 0 Å². The molecule has 3 aromatic heterocycles. The SMILES string of the molecule is C[C@@H](Sc1nnc(N2CCCC2)n1-c1ccccc1Cl)c1nnc(-c2cccs2)o1. The van der Waals surface area contributed by atoms with Crippen LogP contribution in [-0.4, -0.2) is 38.1 Å². The van der Waals surface area contributed by atoms with Crippen LogP contribution in [0, 0.1) is 0 Å². The van der Waals surface area contributed by atoms with Crippen LogP contribution in [-0.2, 0) is 0 Å². The monoisotopic (exact) mass is 458 g/mol. The van der Waals surface area contributed by atoms with Crippen molar-refractivity contribution in [3.05, 3.63) is 52.7 Å². The topological polar surface area (TPSA) is 72.9 Å². The molecule has 4 aromatic rings. The van der Waals surface area contributed by atoms with Crippen LogP contribution in [0.2, 0.25) is 5.02 Å². The summed E-state index contributed by atoms with van der Waals surface area (Å²) in [6.07, 6.45) is 2.31. The van der Waals surface area contributed by atoms with E-state index in [4.69, 9.17) is 16.0 Å². The highest BCUT2D eigenvalue weighted by Gasteiger charge is 2.26. The highest BCUT2D eigenvalue weighted by Crippen LogP contribution is 2.39. The Balaban J connectivity index is 1.47. The lowest BCUT2D eigenvalue weighted by molar-refractivity contribution is 0.510. The number of nitrogens with zero attached hydrogens (tertiary/aromatic N) is 6. The predicted octanol–water partition coefficient (Wildman–Crippen LogP) is 5.49. The number of anilines is 1. The van der Waals surface area contributed by atoms with Gasteiger partial charge in [0.25, 0.3) is 5.89 Å². The van der Waals surface area contributed by atoms with Gasteiger partial charge in [0.15, 0.2) is 5.16 Å². The van der Waals surface area contributed by atoms with E-state index in [-0.39, 0.29) is 5.25 Å². The molecule has 0 aliphatic carbocycles. The number of benzene rings is 1. The first-order valence-corrected chi connectivity index (χ1v) is 11.8. The van der Waals surface area contributed by atoms with Crippen LogP contribution >= 0.6 is 34.7 Å². The quantitative estimate of drug-likeness (QED) is 0.354. The van der Waals surface area contributed by atoms with E-state index in [2.05, 4.69) is 25.3 Å². The molecule has 0 radical (unpaired) electrons. The molecule has 0 spiro atoms. The fourth-order valence-corrected chi connectivity index (χ4v) is 5.16. The smallest absolute Gasteiger partial charge is 0.257 e. The summed E-state index contributed by atoms with van der Waals surface area (Å²) in [7, 11) is 0. The first kappa shape index (κ1) is 19.6. The van der Waals surface area contributed by atoms with Crippen molar-refractivity contribution in [1.29, 1.82) is 0 Å². The number of aromatic nitrogens is 5. The Morgan fingerprint density at radius 2 is 1.90 bits per heavy atom. The zero-order valence-corrected chi connectivity index (χ0v) is 18.6. The number of hydrogen-bond donors (Lipinski definition) is 0. The van der Waals surface area contributed by atoms with Crippen molar-refractivity contribution in [3.8, 4) is 16.5 Å². The summed E-state index contributed by atoms with van der Waals surface area (Å²) < 4.78 is 7.94. The average Bonchev–Trinajstić information content (AvgIpc) is 3.55. The van der Waals surface area contributed by atoms with Crippen molar-refractivity contribution in [3.63, 3.8) is 0 Å². The van der Waals surface area contributed by atoms with Gasteiger partial charge in [0.1, 0.15) is 0 Å². The number of thioether (sulfide) groups is 1. The molecule has 0 bridgehead atoms. The van der Waals surface area contributed by atoms with Crippen LogP contribution in [0.1, 0.15) is 30.9 Å². The van der Waals surface area contributed by atoms with Crippen LogP contribution < -0.4 is 4.90 Å². The molecule has 1 aliphatic rings. The van der Waals surface area contributed by atoms with E-state index in [0.29, 0.717) is 16.8 Å². The number of thiophene rings is 1. The zero-order chi connectivity index (χ0) is 20.5. The van der Waals surface area contributed by atoms with E-state index in [1.165, 1.54) is 11.8 Å². The molecular formula is C20H19ClN6OS2. The molecule has 1 aliphatic heterocycles. The summed E-state index contributed by atoms with van der Waals surface area (Å²) in [5.41, 5.74) is 0.866. The van der Waals surface area contributed by atoms with Gasteiger partial charge in [-0.05, 0) is 43.3 Å². The minimum atomic E-state index is -0.0944. The third-order valence-electron chi connectivity index (χ3n) is 4.90. The fraction of sp³-hybridized carbons (Fsp3) is 0.300. The minimum absolute atomic E-state index is 0.0944. The van der Waals surface area contributed by atoms with Crippen LogP contribution in [0.5, 0.6) is 0 Å². The van der Waals surface area contributed by atoms with Crippen molar-refractivity contribution >= 4 is 40.6 Å². The summed E-state index contributed by atoms with van der Waals surface area (Å²) in [5.74, 6) is 1.91. The average molecular weight is 459 g/mol. The van der Waals surface area contributed by atoms with Crippen molar-refractivity contribution in [2.45, 2.75) is 30.2 Å². The number of hydrogen-bond acceptors (Lipinski definition) is 8. The first-order valence-electron chi connectivity index (χ1n) is 9.70. The summed E-state index contributed by atoms with van der Waals surface area (Å²) in [6, 6.07) is 11.7. The Morgan fingerprint density at radius 1 is 1.07 bits per heavy atom. The van der Waals surface area contributed by atoms with Crippen LogP contribution in [0.3, 0.4) is 0 Å². The van der Waals surface area contributed by atoms with Crippen LogP contribution in [0.15, 0.2) is 51.4 Å².